The minimum atomic E-state index is -0.731. The molecule has 1 atom stereocenters. The third-order valence-corrected chi connectivity index (χ3v) is 5.02. The first-order valence-electron chi connectivity index (χ1n) is 8.61. The van der Waals surface area contributed by atoms with Crippen molar-refractivity contribution in [3.05, 3.63) is 57.4 Å². The highest BCUT2D eigenvalue weighted by Gasteiger charge is 2.26. The van der Waals surface area contributed by atoms with Crippen LogP contribution in [0.15, 0.2) is 39.9 Å². The van der Waals surface area contributed by atoms with Crippen molar-refractivity contribution >= 4 is 28.5 Å². The van der Waals surface area contributed by atoms with E-state index in [0.29, 0.717) is 36.0 Å². The Labute approximate surface area is 160 Å². The predicted octanol–water partition coefficient (Wildman–Crippen LogP) is 2.76. The Balaban J connectivity index is 1.55. The summed E-state index contributed by atoms with van der Waals surface area (Å²) in [6.45, 7) is 5.28. The van der Waals surface area contributed by atoms with Crippen molar-refractivity contribution in [2.45, 2.75) is 33.0 Å². The summed E-state index contributed by atoms with van der Waals surface area (Å²) < 4.78 is 13.1. The van der Waals surface area contributed by atoms with Crippen LogP contribution in [0.2, 0.25) is 5.02 Å². The molecule has 1 aliphatic rings. The maximum atomic E-state index is 12.8. The average Bonchev–Trinajstić information content (AvgIpc) is 3.10. The van der Waals surface area contributed by atoms with Crippen LogP contribution in [0.5, 0.6) is 5.75 Å². The van der Waals surface area contributed by atoms with Crippen LogP contribution in [0.4, 0.5) is 0 Å². The third kappa shape index (κ3) is 3.30. The summed E-state index contributed by atoms with van der Waals surface area (Å²) in [5.41, 5.74) is 1.69. The Hall–Kier alpha value is -2.80. The molecule has 7 nitrogen and oxygen atoms in total. The first-order chi connectivity index (χ1) is 12.9. The summed E-state index contributed by atoms with van der Waals surface area (Å²) in [5, 5.41) is 1.09. The quantitative estimate of drug-likeness (QED) is 0.646. The van der Waals surface area contributed by atoms with Crippen molar-refractivity contribution in [2.24, 2.45) is 0 Å². The molecule has 3 aromatic rings. The molecule has 0 fully saturated rings. The van der Waals surface area contributed by atoms with Crippen LogP contribution < -0.4 is 10.4 Å². The molecule has 3 heterocycles. The van der Waals surface area contributed by atoms with Gasteiger partial charge in [0.25, 0.3) is 5.91 Å². The summed E-state index contributed by atoms with van der Waals surface area (Å²) in [6, 6.07) is 4.65. The van der Waals surface area contributed by atoms with Crippen LogP contribution in [0.25, 0.3) is 11.0 Å². The number of aryl methyl sites for hydroxylation is 1. The number of benzene rings is 1. The van der Waals surface area contributed by atoms with Crippen molar-refractivity contribution in [1.82, 2.24) is 14.5 Å². The maximum Gasteiger partial charge on any atom is 0.336 e. The van der Waals surface area contributed by atoms with Gasteiger partial charge in [0.15, 0.2) is 6.10 Å². The first kappa shape index (κ1) is 17.6. The smallest absolute Gasteiger partial charge is 0.336 e. The van der Waals surface area contributed by atoms with E-state index in [0.717, 1.165) is 16.6 Å². The van der Waals surface area contributed by atoms with Crippen molar-refractivity contribution in [1.29, 1.82) is 0 Å². The number of imidazole rings is 1. The van der Waals surface area contributed by atoms with E-state index in [2.05, 4.69) is 4.98 Å². The largest absolute Gasteiger partial charge is 0.479 e. The molecule has 0 saturated heterocycles. The number of ether oxygens (including phenoxy) is 1. The third-order valence-electron chi connectivity index (χ3n) is 4.73. The van der Waals surface area contributed by atoms with Gasteiger partial charge in [-0.25, -0.2) is 9.78 Å². The average molecular weight is 388 g/mol. The number of aromatic nitrogens is 2. The molecule has 0 unspecified atom stereocenters. The van der Waals surface area contributed by atoms with Gasteiger partial charge < -0.3 is 18.6 Å². The molecule has 2 aromatic heterocycles. The number of rotatable bonds is 3. The van der Waals surface area contributed by atoms with Crippen LogP contribution in [-0.2, 0) is 17.9 Å². The Morgan fingerprint density at radius 1 is 1.33 bits per heavy atom. The normalized spacial score (nSPS) is 14.9. The van der Waals surface area contributed by atoms with Crippen LogP contribution in [-0.4, -0.2) is 33.0 Å². The first-order valence-corrected chi connectivity index (χ1v) is 8.98. The summed E-state index contributed by atoms with van der Waals surface area (Å²) >= 11 is 6.32. The number of hydrogen-bond donors (Lipinski definition) is 0. The molecule has 0 bridgehead atoms. The van der Waals surface area contributed by atoms with E-state index >= 15 is 0 Å². The molecule has 0 N–H and O–H groups in total. The highest BCUT2D eigenvalue weighted by molar-refractivity contribution is 6.32. The molecule has 0 radical (unpaired) electrons. The molecule has 0 saturated carbocycles. The zero-order valence-electron chi connectivity index (χ0n) is 14.9. The van der Waals surface area contributed by atoms with E-state index in [1.165, 1.54) is 6.07 Å². The number of hydrogen-bond acceptors (Lipinski definition) is 5. The van der Waals surface area contributed by atoms with Gasteiger partial charge in [-0.05, 0) is 25.5 Å². The molecule has 27 heavy (non-hydrogen) atoms. The van der Waals surface area contributed by atoms with E-state index in [9.17, 15) is 9.59 Å². The van der Waals surface area contributed by atoms with Crippen LogP contribution in [0, 0.1) is 6.92 Å². The topological polar surface area (TPSA) is 77.6 Å². The second-order valence-electron chi connectivity index (χ2n) is 6.63. The fourth-order valence-electron chi connectivity index (χ4n) is 3.28. The zero-order chi connectivity index (χ0) is 19.1. The van der Waals surface area contributed by atoms with Gasteiger partial charge in [-0.15, -0.1) is 0 Å². The standard InChI is InChI=1S/C19H18ClN3O4/c1-11-5-18(24)27-16-7-17(15(20)6-14(11)16)26-12(2)19(25)22-3-4-23-10-21-8-13(23)9-22/h5-8,10,12H,3-4,9H2,1-2H3/t12-/m0/s1. The predicted molar refractivity (Wildman–Crippen MR) is 100.0 cm³/mol. The molecule has 140 valence electrons. The summed E-state index contributed by atoms with van der Waals surface area (Å²) in [5.74, 6) is 0.171. The highest BCUT2D eigenvalue weighted by Crippen LogP contribution is 2.32. The van der Waals surface area contributed by atoms with E-state index in [-0.39, 0.29) is 5.91 Å². The molecule has 8 heteroatoms. The van der Waals surface area contributed by atoms with Crippen LogP contribution in [0.1, 0.15) is 18.2 Å². The van der Waals surface area contributed by atoms with Crippen LogP contribution in [0.3, 0.4) is 0 Å². The van der Waals surface area contributed by atoms with E-state index in [1.807, 2.05) is 11.5 Å². The van der Waals surface area contributed by atoms with E-state index < -0.39 is 11.7 Å². The SMILES string of the molecule is Cc1cc(=O)oc2cc(O[C@@H](C)C(=O)N3CCn4cncc4C3)c(Cl)cc12. The fourth-order valence-corrected chi connectivity index (χ4v) is 3.49. The number of fused-ring (bicyclic) bond motifs is 2. The second kappa shape index (κ2) is 6.74. The van der Waals surface area contributed by atoms with Gasteiger partial charge in [-0.1, -0.05) is 11.6 Å². The van der Waals surface area contributed by atoms with Crippen molar-refractivity contribution in [3.63, 3.8) is 0 Å². The summed E-state index contributed by atoms with van der Waals surface area (Å²) in [4.78, 5) is 30.2. The molecule has 0 spiro atoms. The molecule has 1 aliphatic heterocycles. The van der Waals surface area contributed by atoms with Gasteiger partial charge >= 0.3 is 5.63 Å². The van der Waals surface area contributed by atoms with Crippen molar-refractivity contribution in [2.75, 3.05) is 6.54 Å². The number of nitrogens with zero attached hydrogens (tertiary/aromatic N) is 3. The number of carbonyl (C=O) groups excluding carboxylic acids is 1. The molecule has 4 rings (SSSR count). The highest BCUT2D eigenvalue weighted by atomic mass is 35.5. The van der Waals surface area contributed by atoms with Crippen molar-refractivity contribution in [3.8, 4) is 5.75 Å². The van der Waals surface area contributed by atoms with Gasteiger partial charge in [0.2, 0.25) is 0 Å². The number of halogens is 1. The van der Waals surface area contributed by atoms with E-state index in [4.69, 9.17) is 20.8 Å². The number of carbonyl (C=O) groups is 1. The fraction of sp³-hybridized carbons (Fsp3) is 0.316. The monoisotopic (exact) mass is 387 g/mol. The second-order valence-corrected chi connectivity index (χ2v) is 7.03. The molecule has 1 aromatic carbocycles. The van der Waals surface area contributed by atoms with Gasteiger partial charge in [-0.3, -0.25) is 4.79 Å². The van der Waals surface area contributed by atoms with Gasteiger partial charge in [0, 0.05) is 36.8 Å². The maximum absolute atomic E-state index is 12.8. The Bertz CT molecular complexity index is 1090. The summed E-state index contributed by atoms with van der Waals surface area (Å²) in [7, 11) is 0. The Kier molecular flexibility index (Phi) is 4.39. The van der Waals surface area contributed by atoms with E-state index in [1.54, 1.807) is 36.5 Å². The van der Waals surface area contributed by atoms with Crippen LogP contribution >= 0.6 is 11.6 Å². The lowest BCUT2D eigenvalue weighted by molar-refractivity contribution is -0.139. The number of amides is 1. The molecular weight excluding hydrogens is 370 g/mol. The lowest BCUT2D eigenvalue weighted by Gasteiger charge is -2.30. The lowest BCUT2D eigenvalue weighted by atomic mass is 10.1. The minimum absolute atomic E-state index is 0.135. The lowest BCUT2D eigenvalue weighted by Crippen LogP contribution is -2.44. The minimum Gasteiger partial charge on any atom is -0.479 e. The van der Waals surface area contributed by atoms with Gasteiger partial charge in [-0.2, -0.15) is 0 Å². The Morgan fingerprint density at radius 3 is 2.96 bits per heavy atom. The Morgan fingerprint density at radius 2 is 2.15 bits per heavy atom. The molecule has 0 aliphatic carbocycles. The van der Waals surface area contributed by atoms with Gasteiger partial charge in [0.05, 0.1) is 23.6 Å². The summed E-state index contributed by atoms with van der Waals surface area (Å²) in [6.07, 6.45) is 2.79. The zero-order valence-corrected chi connectivity index (χ0v) is 15.7. The van der Waals surface area contributed by atoms with Crippen molar-refractivity contribution < 1.29 is 13.9 Å². The molecule has 1 amide bonds. The molecular formula is C19H18ClN3O4. The van der Waals surface area contributed by atoms with Gasteiger partial charge in [0.1, 0.15) is 11.3 Å².